The van der Waals surface area contributed by atoms with Crippen molar-refractivity contribution in [1.82, 2.24) is 4.90 Å². The fraction of sp³-hybridized carbons (Fsp3) is 0.429. The number of aryl methyl sites for hydroxylation is 1. The molecule has 1 heterocycles. The first kappa shape index (κ1) is 14.8. The first-order chi connectivity index (χ1) is 9.33. The molecule has 0 radical (unpaired) electrons. The number of halogens is 1. The molecule has 6 heteroatoms. The van der Waals surface area contributed by atoms with Crippen molar-refractivity contribution in [2.75, 3.05) is 13.1 Å². The summed E-state index contributed by atoms with van der Waals surface area (Å²) >= 11 is 5.99. The third-order valence-corrected chi connectivity index (χ3v) is 3.98. The zero-order valence-electron chi connectivity index (χ0n) is 11.1. The number of hydrogen-bond acceptors (Lipinski definition) is 3. The zero-order valence-corrected chi connectivity index (χ0v) is 11.9. The Morgan fingerprint density at radius 1 is 1.40 bits per heavy atom. The Balaban J connectivity index is 2.20. The van der Waals surface area contributed by atoms with Gasteiger partial charge in [0, 0.05) is 17.1 Å². The normalized spacial score (nSPS) is 22.6. The highest BCUT2D eigenvalue weighted by Gasteiger charge is 2.41. The highest BCUT2D eigenvalue weighted by atomic mass is 35.5. The van der Waals surface area contributed by atoms with E-state index >= 15 is 0 Å². The smallest absolute Gasteiger partial charge is 0.337 e. The van der Waals surface area contributed by atoms with Crippen molar-refractivity contribution in [3.05, 3.63) is 34.3 Å². The van der Waals surface area contributed by atoms with E-state index in [1.807, 2.05) is 6.92 Å². The van der Waals surface area contributed by atoms with Gasteiger partial charge in [0.15, 0.2) is 5.60 Å². The molecule has 1 atom stereocenters. The molecule has 0 bridgehead atoms. The van der Waals surface area contributed by atoms with E-state index in [2.05, 4.69) is 0 Å². The predicted octanol–water partition coefficient (Wildman–Crippen LogP) is 1.70. The van der Waals surface area contributed by atoms with Crippen LogP contribution in [0.15, 0.2) is 18.2 Å². The number of carbonyl (C=O) groups is 2. The van der Waals surface area contributed by atoms with Gasteiger partial charge in [-0.25, -0.2) is 4.79 Å². The minimum absolute atomic E-state index is 0.154. The van der Waals surface area contributed by atoms with Crippen LogP contribution in [0, 0.1) is 6.92 Å². The standard InChI is InChI=1S/C14H16ClNO4/c1-9-3-4-10(7-11(9)15)12(17)16-6-2-5-14(20,8-16)13(18)19/h3-4,7,20H,2,5-6,8H2,1H3,(H,18,19). The van der Waals surface area contributed by atoms with Gasteiger partial charge in [-0.2, -0.15) is 0 Å². The molecule has 1 saturated heterocycles. The Bertz CT molecular complexity index is 560. The summed E-state index contributed by atoms with van der Waals surface area (Å²) in [6, 6.07) is 4.95. The molecule has 2 N–H and O–H groups in total. The minimum atomic E-state index is -1.86. The summed E-state index contributed by atoms with van der Waals surface area (Å²) < 4.78 is 0. The Morgan fingerprint density at radius 2 is 2.10 bits per heavy atom. The summed E-state index contributed by atoms with van der Waals surface area (Å²) in [5, 5.41) is 19.5. The number of carboxylic acid groups (broad SMARTS) is 1. The molecule has 1 aromatic rings. The second kappa shape index (κ2) is 5.42. The summed E-state index contributed by atoms with van der Waals surface area (Å²) in [6.45, 7) is 2.06. The van der Waals surface area contributed by atoms with Crippen molar-refractivity contribution in [2.45, 2.75) is 25.4 Å². The van der Waals surface area contributed by atoms with Crippen LogP contribution in [0.5, 0.6) is 0 Å². The number of β-amino-alcohol motifs (C(OH)–C–C–N with tert-alkyl or cyclic N) is 1. The van der Waals surface area contributed by atoms with Crippen molar-refractivity contribution in [1.29, 1.82) is 0 Å². The third kappa shape index (κ3) is 2.78. The number of aliphatic hydroxyl groups is 1. The van der Waals surface area contributed by atoms with Crippen LogP contribution in [-0.4, -0.2) is 45.7 Å². The van der Waals surface area contributed by atoms with Gasteiger partial charge < -0.3 is 15.1 Å². The van der Waals surface area contributed by atoms with Gasteiger partial charge in [-0.15, -0.1) is 0 Å². The lowest BCUT2D eigenvalue weighted by molar-refractivity contribution is -0.163. The topological polar surface area (TPSA) is 77.8 Å². The van der Waals surface area contributed by atoms with E-state index < -0.39 is 11.6 Å². The summed E-state index contributed by atoms with van der Waals surface area (Å²) in [7, 11) is 0. The Labute approximate surface area is 121 Å². The zero-order chi connectivity index (χ0) is 14.9. The largest absolute Gasteiger partial charge is 0.479 e. The summed E-state index contributed by atoms with van der Waals surface area (Å²) in [6.07, 6.45) is 0.606. The van der Waals surface area contributed by atoms with E-state index in [0.717, 1.165) is 5.56 Å². The maximum atomic E-state index is 12.3. The van der Waals surface area contributed by atoms with Crippen LogP contribution in [0.4, 0.5) is 0 Å². The van der Waals surface area contributed by atoms with Crippen LogP contribution >= 0.6 is 11.6 Å². The van der Waals surface area contributed by atoms with Crippen LogP contribution < -0.4 is 0 Å². The summed E-state index contributed by atoms with van der Waals surface area (Å²) in [5.41, 5.74) is -0.596. The molecule has 0 saturated carbocycles. The van der Waals surface area contributed by atoms with Gasteiger partial charge >= 0.3 is 5.97 Å². The number of aliphatic carboxylic acids is 1. The third-order valence-electron chi connectivity index (χ3n) is 3.57. The van der Waals surface area contributed by atoms with Crippen LogP contribution in [0.2, 0.25) is 5.02 Å². The molecule has 1 unspecified atom stereocenters. The van der Waals surface area contributed by atoms with Crippen LogP contribution in [-0.2, 0) is 4.79 Å². The lowest BCUT2D eigenvalue weighted by Gasteiger charge is -2.36. The van der Waals surface area contributed by atoms with Crippen molar-refractivity contribution in [3.63, 3.8) is 0 Å². The SMILES string of the molecule is Cc1ccc(C(=O)N2CCCC(O)(C(=O)O)C2)cc1Cl. The van der Waals surface area contributed by atoms with Crippen molar-refractivity contribution >= 4 is 23.5 Å². The number of hydrogen-bond donors (Lipinski definition) is 2. The van der Waals surface area contributed by atoms with Gasteiger partial charge in [0.1, 0.15) is 0 Å². The molecule has 1 aliphatic rings. The highest BCUT2D eigenvalue weighted by Crippen LogP contribution is 2.24. The minimum Gasteiger partial charge on any atom is -0.479 e. The molecular formula is C14H16ClNO4. The monoisotopic (exact) mass is 297 g/mol. The quantitative estimate of drug-likeness (QED) is 0.871. The molecule has 1 aliphatic heterocycles. The number of carboxylic acids is 1. The van der Waals surface area contributed by atoms with Crippen molar-refractivity contribution < 1.29 is 19.8 Å². The first-order valence-corrected chi connectivity index (χ1v) is 6.72. The lowest BCUT2D eigenvalue weighted by Crippen LogP contribution is -2.54. The van der Waals surface area contributed by atoms with Gasteiger partial charge in [0.2, 0.25) is 0 Å². The van der Waals surface area contributed by atoms with Gasteiger partial charge in [0.25, 0.3) is 5.91 Å². The summed E-state index contributed by atoms with van der Waals surface area (Å²) in [4.78, 5) is 24.8. The Kier molecular flexibility index (Phi) is 4.01. The van der Waals surface area contributed by atoms with Crippen LogP contribution in [0.1, 0.15) is 28.8 Å². The number of benzene rings is 1. The molecule has 0 aromatic heterocycles. The van der Waals surface area contributed by atoms with Crippen LogP contribution in [0.25, 0.3) is 0 Å². The van der Waals surface area contributed by atoms with E-state index in [-0.39, 0.29) is 18.9 Å². The molecule has 1 amide bonds. The number of nitrogens with zero attached hydrogens (tertiary/aromatic N) is 1. The van der Waals surface area contributed by atoms with Crippen molar-refractivity contribution in [3.8, 4) is 0 Å². The molecule has 108 valence electrons. The fourth-order valence-electron chi connectivity index (χ4n) is 2.29. The van der Waals surface area contributed by atoms with Gasteiger partial charge in [-0.05, 0) is 37.5 Å². The average Bonchev–Trinajstić information content (AvgIpc) is 2.41. The highest BCUT2D eigenvalue weighted by molar-refractivity contribution is 6.31. The van der Waals surface area contributed by atoms with E-state index in [1.54, 1.807) is 18.2 Å². The molecule has 1 fully saturated rings. The van der Waals surface area contributed by atoms with Crippen molar-refractivity contribution in [2.24, 2.45) is 0 Å². The van der Waals surface area contributed by atoms with E-state index in [9.17, 15) is 14.7 Å². The van der Waals surface area contributed by atoms with E-state index in [1.165, 1.54) is 4.90 Å². The lowest BCUT2D eigenvalue weighted by atomic mass is 9.92. The maximum Gasteiger partial charge on any atom is 0.337 e. The number of rotatable bonds is 2. The fourth-order valence-corrected chi connectivity index (χ4v) is 2.47. The Morgan fingerprint density at radius 3 is 2.70 bits per heavy atom. The second-order valence-electron chi connectivity index (χ2n) is 5.13. The van der Waals surface area contributed by atoms with E-state index in [0.29, 0.717) is 23.6 Å². The molecule has 0 spiro atoms. The molecule has 5 nitrogen and oxygen atoms in total. The average molecular weight is 298 g/mol. The number of likely N-dealkylation sites (tertiary alicyclic amines) is 1. The molecular weight excluding hydrogens is 282 g/mol. The van der Waals surface area contributed by atoms with Gasteiger partial charge in [-0.1, -0.05) is 17.7 Å². The van der Waals surface area contributed by atoms with Crippen LogP contribution in [0.3, 0.4) is 0 Å². The maximum absolute atomic E-state index is 12.3. The van der Waals surface area contributed by atoms with Gasteiger partial charge in [0.05, 0.1) is 6.54 Å². The van der Waals surface area contributed by atoms with Gasteiger partial charge in [-0.3, -0.25) is 4.79 Å². The number of amides is 1. The number of carbonyl (C=O) groups excluding carboxylic acids is 1. The predicted molar refractivity (Wildman–Crippen MR) is 73.9 cm³/mol. The van der Waals surface area contributed by atoms with E-state index in [4.69, 9.17) is 16.7 Å². The number of piperidine rings is 1. The Hall–Kier alpha value is -1.59. The first-order valence-electron chi connectivity index (χ1n) is 6.35. The summed E-state index contributed by atoms with van der Waals surface area (Å²) in [5.74, 6) is -1.61. The second-order valence-corrected chi connectivity index (χ2v) is 5.54. The molecule has 20 heavy (non-hydrogen) atoms. The molecule has 0 aliphatic carbocycles. The molecule has 2 rings (SSSR count). The molecule has 1 aromatic carbocycles.